The van der Waals surface area contributed by atoms with Crippen molar-refractivity contribution in [1.29, 1.82) is 0 Å². The summed E-state index contributed by atoms with van der Waals surface area (Å²) < 4.78 is 45.6. The lowest BCUT2D eigenvalue weighted by Crippen LogP contribution is -2.44. The van der Waals surface area contributed by atoms with E-state index >= 15 is 0 Å². The minimum Gasteiger partial charge on any atom is -0.481 e. The highest BCUT2D eigenvalue weighted by molar-refractivity contribution is 5.94. The molecule has 1 heterocycles. The van der Waals surface area contributed by atoms with E-state index in [0.29, 0.717) is 26.1 Å². The van der Waals surface area contributed by atoms with Crippen molar-refractivity contribution in [2.75, 3.05) is 19.8 Å². The van der Waals surface area contributed by atoms with Gasteiger partial charge < -0.3 is 19.5 Å². The second-order valence-electron chi connectivity index (χ2n) is 5.56. The number of halogens is 3. The number of alkyl halides is 3. The van der Waals surface area contributed by atoms with Crippen LogP contribution in [0, 0.1) is 0 Å². The highest BCUT2D eigenvalue weighted by atomic mass is 19.4. The fourth-order valence-corrected chi connectivity index (χ4v) is 2.63. The Labute approximate surface area is 142 Å². The number of carbonyl (C=O) groups is 2. The van der Waals surface area contributed by atoms with E-state index in [1.807, 2.05) is 0 Å². The zero-order chi connectivity index (χ0) is 18.4. The maximum Gasteiger partial charge on any atom is 0.573 e. The second-order valence-corrected chi connectivity index (χ2v) is 5.56. The standard InChI is InChI=1S/C16H18F3NO5/c17-16(18,19)25-13-3-1-11(2-4-13)15(23)20(8-5-14(21)22)12-6-9-24-10-7-12/h1-4,12H,5-10H2,(H,21,22). The molecule has 6 nitrogen and oxygen atoms in total. The molecule has 9 heteroatoms. The molecule has 1 aliphatic heterocycles. The quantitative estimate of drug-likeness (QED) is 0.843. The highest BCUT2D eigenvalue weighted by Gasteiger charge is 2.31. The van der Waals surface area contributed by atoms with Crippen LogP contribution in [0.4, 0.5) is 13.2 Å². The maximum atomic E-state index is 12.7. The lowest BCUT2D eigenvalue weighted by molar-refractivity contribution is -0.274. The number of amides is 1. The fourth-order valence-electron chi connectivity index (χ4n) is 2.63. The Kier molecular flexibility index (Phi) is 6.24. The van der Waals surface area contributed by atoms with Crippen molar-refractivity contribution in [2.45, 2.75) is 31.7 Å². The van der Waals surface area contributed by atoms with Gasteiger partial charge in [-0.2, -0.15) is 0 Å². The van der Waals surface area contributed by atoms with E-state index in [1.54, 1.807) is 0 Å². The number of aliphatic carboxylic acids is 1. The third-order valence-electron chi connectivity index (χ3n) is 3.79. The number of ether oxygens (including phenoxy) is 2. The van der Waals surface area contributed by atoms with Crippen LogP contribution >= 0.6 is 0 Å². The monoisotopic (exact) mass is 361 g/mol. The van der Waals surface area contributed by atoms with Crippen LogP contribution in [0.1, 0.15) is 29.6 Å². The Bertz CT molecular complexity index is 597. The molecule has 0 atom stereocenters. The van der Waals surface area contributed by atoms with Gasteiger partial charge in [-0.3, -0.25) is 9.59 Å². The summed E-state index contributed by atoms with van der Waals surface area (Å²) in [5, 5.41) is 8.87. The van der Waals surface area contributed by atoms with Crippen molar-refractivity contribution in [2.24, 2.45) is 0 Å². The molecule has 138 valence electrons. The number of benzene rings is 1. The number of rotatable bonds is 6. The van der Waals surface area contributed by atoms with Gasteiger partial charge in [0.1, 0.15) is 5.75 Å². The molecule has 1 fully saturated rings. The van der Waals surface area contributed by atoms with Crippen LogP contribution in [0.25, 0.3) is 0 Å². The average Bonchev–Trinajstić information content (AvgIpc) is 2.55. The van der Waals surface area contributed by atoms with Crippen LogP contribution in [-0.4, -0.2) is 54.0 Å². The molecule has 1 aliphatic rings. The SMILES string of the molecule is O=C(O)CCN(C(=O)c1ccc(OC(F)(F)F)cc1)C1CCOCC1. The van der Waals surface area contributed by atoms with E-state index in [1.165, 1.54) is 17.0 Å². The molecule has 0 saturated carbocycles. The van der Waals surface area contributed by atoms with Crippen molar-refractivity contribution in [3.8, 4) is 5.75 Å². The largest absolute Gasteiger partial charge is 0.573 e. The predicted molar refractivity (Wildman–Crippen MR) is 80.3 cm³/mol. The van der Waals surface area contributed by atoms with Crippen LogP contribution in [0.2, 0.25) is 0 Å². The Morgan fingerprint density at radius 1 is 1.20 bits per heavy atom. The Morgan fingerprint density at radius 2 is 1.80 bits per heavy atom. The maximum absolute atomic E-state index is 12.7. The third-order valence-corrected chi connectivity index (χ3v) is 3.79. The summed E-state index contributed by atoms with van der Waals surface area (Å²) in [6.45, 7) is 0.972. The third kappa shape index (κ3) is 5.93. The molecule has 1 aromatic rings. The first-order valence-corrected chi connectivity index (χ1v) is 7.72. The number of hydrogen-bond acceptors (Lipinski definition) is 4. The van der Waals surface area contributed by atoms with Gasteiger partial charge in [0.15, 0.2) is 0 Å². The molecular formula is C16H18F3NO5. The normalized spacial score (nSPS) is 15.6. The molecule has 1 N–H and O–H groups in total. The molecule has 0 spiro atoms. The van der Waals surface area contributed by atoms with Gasteiger partial charge in [0, 0.05) is 31.4 Å². The molecule has 0 bridgehead atoms. The minimum atomic E-state index is -4.80. The highest BCUT2D eigenvalue weighted by Crippen LogP contribution is 2.24. The Morgan fingerprint density at radius 3 is 2.32 bits per heavy atom. The molecule has 1 amide bonds. The fraction of sp³-hybridized carbons (Fsp3) is 0.500. The first kappa shape index (κ1) is 19.0. The van der Waals surface area contributed by atoms with Crippen molar-refractivity contribution < 1.29 is 37.3 Å². The Balaban J connectivity index is 2.12. The van der Waals surface area contributed by atoms with Crippen LogP contribution in [0.15, 0.2) is 24.3 Å². The Hall–Kier alpha value is -2.29. The summed E-state index contributed by atoms with van der Waals surface area (Å²) in [6, 6.07) is 4.42. The first-order chi connectivity index (χ1) is 11.8. The van der Waals surface area contributed by atoms with Crippen molar-refractivity contribution in [3.63, 3.8) is 0 Å². The number of carboxylic acids is 1. The molecule has 1 aromatic carbocycles. The van der Waals surface area contributed by atoms with Gasteiger partial charge in [-0.25, -0.2) is 0 Å². The lowest BCUT2D eigenvalue weighted by atomic mass is 10.0. The number of nitrogens with zero attached hydrogens (tertiary/aromatic N) is 1. The molecule has 25 heavy (non-hydrogen) atoms. The van der Waals surface area contributed by atoms with Gasteiger partial charge >= 0.3 is 12.3 Å². The van der Waals surface area contributed by atoms with Crippen LogP contribution in [-0.2, 0) is 9.53 Å². The topological polar surface area (TPSA) is 76.1 Å². The molecular weight excluding hydrogens is 343 g/mol. The number of hydrogen-bond donors (Lipinski definition) is 1. The van der Waals surface area contributed by atoms with Crippen molar-refractivity contribution >= 4 is 11.9 Å². The van der Waals surface area contributed by atoms with E-state index in [9.17, 15) is 22.8 Å². The molecule has 0 radical (unpaired) electrons. The summed E-state index contributed by atoms with van der Waals surface area (Å²) in [7, 11) is 0. The lowest BCUT2D eigenvalue weighted by Gasteiger charge is -2.34. The molecule has 0 aliphatic carbocycles. The average molecular weight is 361 g/mol. The summed E-state index contributed by atoms with van der Waals surface area (Å²) >= 11 is 0. The van der Waals surface area contributed by atoms with Gasteiger partial charge in [-0.1, -0.05) is 0 Å². The van der Waals surface area contributed by atoms with Gasteiger partial charge in [0.25, 0.3) is 5.91 Å². The van der Waals surface area contributed by atoms with Crippen molar-refractivity contribution in [1.82, 2.24) is 4.90 Å². The summed E-state index contributed by atoms with van der Waals surface area (Å²) in [6.07, 6.45) is -3.85. The smallest absolute Gasteiger partial charge is 0.481 e. The zero-order valence-electron chi connectivity index (χ0n) is 13.3. The first-order valence-electron chi connectivity index (χ1n) is 7.72. The summed E-state index contributed by atoms with van der Waals surface area (Å²) in [4.78, 5) is 25.0. The second kappa shape index (κ2) is 8.19. The van der Waals surface area contributed by atoms with Gasteiger partial charge in [-0.15, -0.1) is 13.2 Å². The van der Waals surface area contributed by atoms with E-state index in [-0.39, 0.29) is 24.6 Å². The van der Waals surface area contributed by atoms with Crippen LogP contribution in [0.3, 0.4) is 0 Å². The molecule has 2 rings (SSSR count). The van der Waals surface area contributed by atoms with E-state index in [2.05, 4.69) is 4.74 Å². The summed E-state index contributed by atoms with van der Waals surface area (Å²) in [5.41, 5.74) is 0.173. The van der Waals surface area contributed by atoms with Gasteiger partial charge in [0.05, 0.1) is 6.42 Å². The number of carbonyl (C=O) groups excluding carboxylic acids is 1. The summed E-state index contributed by atoms with van der Waals surface area (Å²) in [5.74, 6) is -1.88. The zero-order valence-corrected chi connectivity index (χ0v) is 13.3. The predicted octanol–water partition coefficient (Wildman–Crippen LogP) is 2.68. The van der Waals surface area contributed by atoms with Crippen LogP contribution < -0.4 is 4.74 Å². The molecule has 0 aromatic heterocycles. The van der Waals surface area contributed by atoms with Gasteiger partial charge in [-0.05, 0) is 37.1 Å². The number of carboxylic acid groups (broad SMARTS) is 1. The van der Waals surface area contributed by atoms with Crippen LogP contribution in [0.5, 0.6) is 5.75 Å². The van der Waals surface area contributed by atoms with E-state index in [4.69, 9.17) is 9.84 Å². The minimum absolute atomic E-state index is 0.0274. The van der Waals surface area contributed by atoms with E-state index < -0.39 is 24.0 Å². The molecule has 0 unspecified atom stereocenters. The van der Waals surface area contributed by atoms with Crippen molar-refractivity contribution in [3.05, 3.63) is 29.8 Å². The molecule has 1 saturated heterocycles. The van der Waals surface area contributed by atoms with Gasteiger partial charge in [0.2, 0.25) is 0 Å². The van der Waals surface area contributed by atoms with E-state index in [0.717, 1.165) is 12.1 Å².